The minimum atomic E-state index is -1.11. The molecule has 0 rings (SSSR count). The third-order valence-corrected chi connectivity index (χ3v) is 3.84. The van der Waals surface area contributed by atoms with Crippen molar-refractivity contribution in [2.24, 2.45) is 17.2 Å². The van der Waals surface area contributed by atoms with Gasteiger partial charge >= 0.3 is 5.97 Å². The number of likely N-dealkylation sites (N-methyl/N-ethyl adjacent to an activating group) is 1. The van der Waals surface area contributed by atoms with Crippen LogP contribution in [0.15, 0.2) is 0 Å². The summed E-state index contributed by atoms with van der Waals surface area (Å²) in [6, 6.07) is -1.90. The largest absolute Gasteiger partial charge is 0.480 e. The molecule has 2 atom stereocenters. The van der Waals surface area contributed by atoms with Gasteiger partial charge in [0.25, 0.3) is 0 Å². The summed E-state index contributed by atoms with van der Waals surface area (Å²) in [5.74, 6) is -2.32. The number of nitrogens with one attached hydrogen (secondary N) is 3. The molecule has 28 heavy (non-hydrogen) atoms. The van der Waals surface area contributed by atoms with Gasteiger partial charge in [-0.25, -0.2) is 4.79 Å². The van der Waals surface area contributed by atoms with Gasteiger partial charge in [-0.05, 0) is 38.6 Å². The molecule has 0 bridgehead atoms. The van der Waals surface area contributed by atoms with Crippen LogP contribution in [0.2, 0.25) is 0 Å². The molecular weight excluding hydrogens is 469 g/mol. The standard InChI is InChI=1S/C15H31N7O4.2Cu/c1-22(11(14(25)26)6-2-3-7-16)13(24)10(21-12(23)9-17)5-4-8-20-15(18)19;;/h10-11H,2-9,16-17H2,1H3,(H,21,23)(H,25,26)(H4,18,19,20);;/t10-,11-;;/m0../s1. The first kappa shape index (κ1) is 31.3. The van der Waals surface area contributed by atoms with Gasteiger partial charge < -0.3 is 37.8 Å². The number of unbranched alkanes of at least 4 members (excludes halogenated alkanes) is 1. The predicted molar refractivity (Wildman–Crippen MR) is 97.2 cm³/mol. The molecule has 0 saturated heterocycles. The summed E-state index contributed by atoms with van der Waals surface area (Å²) in [5, 5.41) is 21.6. The topological polar surface area (TPSA) is 201 Å². The molecule has 0 unspecified atom stereocenters. The summed E-state index contributed by atoms with van der Waals surface area (Å²) in [7, 11) is 1.40. The normalized spacial score (nSPS) is 11.8. The van der Waals surface area contributed by atoms with Crippen LogP contribution in [0.3, 0.4) is 0 Å². The molecule has 10 N–H and O–H groups in total. The number of aliphatic carboxylic acids is 1. The van der Waals surface area contributed by atoms with E-state index in [0.29, 0.717) is 32.4 Å². The van der Waals surface area contributed by atoms with Crippen molar-refractivity contribution in [2.75, 3.05) is 26.7 Å². The number of hydrogen-bond donors (Lipinski definition) is 7. The van der Waals surface area contributed by atoms with Gasteiger partial charge in [0, 0.05) is 47.7 Å². The van der Waals surface area contributed by atoms with Crippen molar-refractivity contribution >= 4 is 23.7 Å². The van der Waals surface area contributed by atoms with Gasteiger partial charge in [0.2, 0.25) is 11.8 Å². The van der Waals surface area contributed by atoms with Gasteiger partial charge in [0.05, 0.1) is 6.54 Å². The zero-order chi connectivity index (χ0) is 20.1. The van der Waals surface area contributed by atoms with E-state index in [4.69, 9.17) is 22.6 Å². The monoisotopic (exact) mass is 499 g/mol. The number of guanidine groups is 1. The van der Waals surface area contributed by atoms with Crippen LogP contribution in [-0.4, -0.2) is 72.5 Å². The van der Waals surface area contributed by atoms with Crippen LogP contribution in [0.5, 0.6) is 0 Å². The number of nitrogens with two attached hydrogens (primary N) is 3. The fourth-order valence-corrected chi connectivity index (χ4v) is 2.40. The quantitative estimate of drug-likeness (QED) is 0.0635. The molecule has 0 spiro atoms. The smallest absolute Gasteiger partial charge is 0.326 e. The molecule has 11 nitrogen and oxygen atoms in total. The maximum absolute atomic E-state index is 12.7. The molecule has 0 aromatic carbocycles. The second-order valence-electron chi connectivity index (χ2n) is 5.89. The Bertz CT molecular complexity index is 497. The Labute approximate surface area is 186 Å². The van der Waals surface area contributed by atoms with Crippen molar-refractivity contribution in [1.82, 2.24) is 15.5 Å². The third kappa shape index (κ3) is 12.9. The van der Waals surface area contributed by atoms with Crippen LogP contribution in [0, 0.1) is 5.41 Å². The SMILES string of the molecule is CN(C(=O)[C@H](CCCNC(=N)N)NC(=O)CN)[C@@H](CCCCN)C(=O)O.[Cu].[Cu]. The summed E-state index contributed by atoms with van der Waals surface area (Å²) in [5.41, 5.74) is 15.9. The summed E-state index contributed by atoms with van der Waals surface area (Å²) < 4.78 is 0. The van der Waals surface area contributed by atoms with Crippen LogP contribution in [0.4, 0.5) is 0 Å². The zero-order valence-corrected chi connectivity index (χ0v) is 17.6. The van der Waals surface area contributed by atoms with E-state index in [9.17, 15) is 19.5 Å². The van der Waals surface area contributed by atoms with Crippen LogP contribution in [0.25, 0.3) is 0 Å². The van der Waals surface area contributed by atoms with E-state index in [1.165, 1.54) is 7.05 Å². The number of rotatable bonds is 13. The van der Waals surface area contributed by atoms with Gasteiger partial charge in [-0.1, -0.05) is 0 Å². The van der Waals surface area contributed by atoms with E-state index in [1.807, 2.05) is 0 Å². The Kier molecular flexibility index (Phi) is 19.8. The minimum absolute atomic E-state index is 0. The van der Waals surface area contributed by atoms with E-state index in [2.05, 4.69) is 10.6 Å². The summed E-state index contributed by atoms with van der Waals surface area (Å²) in [4.78, 5) is 36.9. The number of hydrogen-bond acceptors (Lipinski definition) is 6. The van der Waals surface area contributed by atoms with Crippen LogP contribution >= 0.6 is 0 Å². The van der Waals surface area contributed by atoms with E-state index in [-0.39, 0.29) is 59.5 Å². The number of carboxylic acids is 1. The Morgan fingerprint density at radius 3 is 2.18 bits per heavy atom. The van der Waals surface area contributed by atoms with Gasteiger partial charge in [0.1, 0.15) is 12.1 Å². The van der Waals surface area contributed by atoms with Gasteiger partial charge in [-0.2, -0.15) is 0 Å². The Morgan fingerprint density at radius 1 is 1.11 bits per heavy atom. The van der Waals surface area contributed by atoms with Crippen molar-refractivity contribution in [1.29, 1.82) is 5.41 Å². The number of carbonyl (C=O) groups is 3. The fraction of sp³-hybridized carbons (Fsp3) is 0.733. The number of nitrogens with zero attached hydrogens (tertiary/aromatic N) is 1. The number of carbonyl (C=O) groups excluding carboxylic acids is 2. The van der Waals surface area contributed by atoms with Crippen molar-refractivity contribution in [3.05, 3.63) is 0 Å². The van der Waals surface area contributed by atoms with Crippen molar-refractivity contribution < 1.29 is 53.6 Å². The first-order valence-corrected chi connectivity index (χ1v) is 8.51. The Balaban J connectivity index is -0.00000312. The second kappa shape index (κ2) is 17.7. The molecule has 0 heterocycles. The predicted octanol–water partition coefficient (Wildman–Crippen LogP) is -2.27. The minimum Gasteiger partial charge on any atom is -0.480 e. The molecule has 0 aliphatic rings. The molecule has 0 saturated carbocycles. The van der Waals surface area contributed by atoms with Crippen LogP contribution in [-0.2, 0) is 48.5 Å². The third-order valence-electron chi connectivity index (χ3n) is 3.84. The summed E-state index contributed by atoms with van der Waals surface area (Å²) in [6.07, 6.45) is 2.21. The summed E-state index contributed by atoms with van der Waals surface area (Å²) >= 11 is 0. The van der Waals surface area contributed by atoms with E-state index >= 15 is 0 Å². The number of carboxylic acid groups (broad SMARTS) is 1. The van der Waals surface area contributed by atoms with Gasteiger partial charge in [0.15, 0.2) is 5.96 Å². The van der Waals surface area contributed by atoms with E-state index in [0.717, 1.165) is 4.90 Å². The molecule has 0 fully saturated rings. The average Bonchev–Trinajstić information content (AvgIpc) is 2.59. The zero-order valence-electron chi connectivity index (χ0n) is 15.8. The molecule has 0 aliphatic heterocycles. The molecule has 172 valence electrons. The van der Waals surface area contributed by atoms with Gasteiger partial charge in [-0.3, -0.25) is 15.0 Å². The van der Waals surface area contributed by atoms with E-state index in [1.54, 1.807) is 0 Å². The second-order valence-corrected chi connectivity index (χ2v) is 5.89. The molecule has 0 aliphatic carbocycles. The fourth-order valence-electron chi connectivity index (χ4n) is 2.40. The molecule has 2 radical (unpaired) electrons. The Morgan fingerprint density at radius 2 is 1.71 bits per heavy atom. The summed E-state index contributed by atoms with van der Waals surface area (Å²) in [6.45, 7) is 0.514. The van der Waals surface area contributed by atoms with Gasteiger partial charge in [-0.15, -0.1) is 0 Å². The maximum Gasteiger partial charge on any atom is 0.326 e. The molecular formula is C15H31Cu2N7O4. The first-order valence-electron chi connectivity index (χ1n) is 8.51. The average molecular weight is 501 g/mol. The van der Waals surface area contributed by atoms with E-state index < -0.39 is 29.9 Å². The first-order chi connectivity index (χ1) is 12.2. The van der Waals surface area contributed by atoms with Crippen molar-refractivity contribution in [3.63, 3.8) is 0 Å². The molecule has 2 amide bonds. The Hall–Kier alpha value is -1.36. The molecule has 13 heteroatoms. The van der Waals surface area contributed by atoms with Crippen LogP contribution in [0.1, 0.15) is 32.1 Å². The van der Waals surface area contributed by atoms with Crippen molar-refractivity contribution in [2.45, 2.75) is 44.2 Å². The van der Waals surface area contributed by atoms with Crippen LogP contribution < -0.4 is 27.8 Å². The molecule has 0 aromatic heterocycles. The van der Waals surface area contributed by atoms with Crippen molar-refractivity contribution in [3.8, 4) is 0 Å². The molecule has 0 aromatic rings. The number of amides is 2. The maximum atomic E-state index is 12.7.